The lowest BCUT2D eigenvalue weighted by molar-refractivity contribution is -0.143. The molecule has 0 saturated carbocycles. The van der Waals surface area contributed by atoms with Crippen molar-refractivity contribution in [2.24, 2.45) is 0 Å². The van der Waals surface area contributed by atoms with Crippen LogP contribution in [-0.4, -0.2) is 40.9 Å². The number of carbonyl (C=O) groups excluding carboxylic acids is 1. The number of alkyl halides is 3. The molecule has 0 aromatic carbocycles. The van der Waals surface area contributed by atoms with Gasteiger partial charge in [-0.1, -0.05) is 6.07 Å². The second kappa shape index (κ2) is 7.23. The van der Waals surface area contributed by atoms with Crippen LogP contribution in [0.5, 0.6) is 0 Å². The quantitative estimate of drug-likeness (QED) is 0.824. The third-order valence-corrected chi connectivity index (χ3v) is 2.96. The molecule has 0 aliphatic carbocycles. The van der Waals surface area contributed by atoms with Crippen LogP contribution in [-0.2, 0) is 10.9 Å². The van der Waals surface area contributed by atoms with Gasteiger partial charge in [0.1, 0.15) is 0 Å². The minimum Gasteiger partial charge on any atom is -0.385 e. The molecule has 0 atom stereocenters. The van der Waals surface area contributed by atoms with Gasteiger partial charge in [-0.2, -0.15) is 18.3 Å². The van der Waals surface area contributed by atoms with Crippen molar-refractivity contribution in [1.29, 1.82) is 0 Å². The van der Waals surface area contributed by atoms with Crippen LogP contribution in [0, 0.1) is 0 Å². The summed E-state index contributed by atoms with van der Waals surface area (Å²) in [6, 6.07) is 4.49. The molecular formula is C14H15F3N4O2. The van der Waals surface area contributed by atoms with Gasteiger partial charge in [0, 0.05) is 26.5 Å². The number of nitrogens with zero attached hydrogens (tertiary/aromatic N) is 3. The highest BCUT2D eigenvalue weighted by molar-refractivity contribution is 5.95. The summed E-state index contributed by atoms with van der Waals surface area (Å²) >= 11 is 0. The lowest BCUT2D eigenvalue weighted by Gasteiger charge is -2.12. The molecule has 9 heteroatoms. The first kappa shape index (κ1) is 16.9. The van der Waals surface area contributed by atoms with Crippen LogP contribution in [0.4, 0.5) is 13.2 Å². The molecule has 0 saturated heterocycles. The normalized spacial score (nSPS) is 11.5. The maximum absolute atomic E-state index is 13.3. The minimum atomic E-state index is -4.74. The fraction of sp³-hybridized carbons (Fsp3) is 0.357. The Bertz CT molecular complexity index is 656. The first-order valence-electron chi connectivity index (χ1n) is 6.79. The summed E-state index contributed by atoms with van der Waals surface area (Å²) in [6.45, 7) is 0.609. The Balaban J connectivity index is 2.30. The monoisotopic (exact) mass is 328 g/mol. The minimum absolute atomic E-state index is 0.0155. The molecule has 0 aliphatic heterocycles. The maximum atomic E-state index is 13.3. The molecule has 0 radical (unpaired) electrons. The molecular weight excluding hydrogens is 313 g/mol. The van der Waals surface area contributed by atoms with Gasteiger partial charge < -0.3 is 10.1 Å². The predicted octanol–water partition coefficient (Wildman–Crippen LogP) is 2.05. The van der Waals surface area contributed by atoms with E-state index in [2.05, 4.69) is 15.4 Å². The smallest absolute Gasteiger partial charge is 0.385 e. The largest absolute Gasteiger partial charge is 0.434 e. The molecule has 6 nitrogen and oxygen atoms in total. The van der Waals surface area contributed by atoms with Gasteiger partial charge in [-0.15, -0.1) is 0 Å². The molecule has 0 fully saturated rings. The van der Waals surface area contributed by atoms with E-state index < -0.39 is 23.3 Å². The SMILES string of the molecule is COCCCNC(=O)c1cnn(-c2ccccn2)c1C(F)(F)F. The van der Waals surface area contributed by atoms with Crippen LogP contribution in [0.1, 0.15) is 22.5 Å². The second-order valence-electron chi connectivity index (χ2n) is 4.61. The number of carbonyl (C=O) groups is 1. The van der Waals surface area contributed by atoms with E-state index in [0.29, 0.717) is 17.7 Å². The lowest BCUT2D eigenvalue weighted by Crippen LogP contribution is -2.28. The van der Waals surface area contributed by atoms with Crippen LogP contribution in [0.3, 0.4) is 0 Å². The first-order chi connectivity index (χ1) is 10.9. The summed E-state index contributed by atoms with van der Waals surface area (Å²) in [4.78, 5) is 15.8. The average molecular weight is 328 g/mol. The van der Waals surface area contributed by atoms with Crippen molar-refractivity contribution in [2.45, 2.75) is 12.6 Å². The fourth-order valence-electron chi connectivity index (χ4n) is 1.95. The van der Waals surface area contributed by atoms with Gasteiger partial charge in [0.2, 0.25) is 0 Å². The van der Waals surface area contributed by atoms with E-state index in [4.69, 9.17) is 4.74 Å². The van der Waals surface area contributed by atoms with Crippen LogP contribution in [0.25, 0.3) is 5.82 Å². The Morgan fingerprint density at radius 3 is 2.78 bits per heavy atom. The third kappa shape index (κ3) is 4.07. The molecule has 2 rings (SSSR count). The zero-order chi connectivity index (χ0) is 16.9. The van der Waals surface area contributed by atoms with Crippen molar-refractivity contribution in [2.75, 3.05) is 20.3 Å². The van der Waals surface area contributed by atoms with Crippen LogP contribution < -0.4 is 5.32 Å². The van der Waals surface area contributed by atoms with E-state index in [1.165, 1.54) is 25.4 Å². The van der Waals surface area contributed by atoms with Crippen molar-refractivity contribution < 1.29 is 22.7 Å². The number of hydrogen-bond donors (Lipinski definition) is 1. The number of rotatable bonds is 6. The molecule has 0 aliphatic rings. The van der Waals surface area contributed by atoms with Gasteiger partial charge in [0.15, 0.2) is 11.5 Å². The summed E-state index contributed by atoms with van der Waals surface area (Å²) in [7, 11) is 1.50. The number of aromatic nitrogens is 3. The molecule has 0 spiro atoms. The van der Waals surface area contributed by atoms with Crippen molar-refractivity contribution in [3.8, 4) is 5.82 Å². The number of amides is 1. The lowest BCUT2D eigenvalue weighted by atomic mass is 10.2. The highest BCUT2D eigenvalue weighted by Gasteiger charge is 2.40. The molecule has 2 aromatic heterocycles. The van der Waals surface area contributed by atoms with E-state index in [9.17, 15) is 18.0 Å². The zero-order valence-corrected chi connectivity index (χ0v) is 12.3. The molecule has 1 N–H and O–H groups in total. The summed E-state index contributed by atoms with van der Waals surface area (Å²) in [5.41, 5.74) is -1.69. The fourth-order valence-corrected chi connectivity index (χ4v) is 1.95. The van der Waals surface area contributed by atoms with Gasteiger partial charge >= 0.3 is 6.18 Å². The van der Waals surface area contributed by atoms with Crippen LogP contribution in [0.2, 0.25) is 0 Å². The Kier molecular flexibility index (Phi) is 5.32. The number of nitrogens with one attached hydrogen (secondary N) is 1. The molecule has 2 heterocycles. The van der Waals surface area contributed by atoms with E-state index >= 15 is 0 Å². The molecule has 0 bridgehead atoms. The highest BCUT2D eigenvalue weighted by Crippen LogP contribution is 2.33. The predicted molar refractivity (Wildman–Crippen MR) is 75.2 cm³/mol. The highest BCUT2D eigenvalue weighted by atomic mass is 19.4. The molecule has 23 heavy (non-hydrogen) atoms. The summed E-state index contributed by atoms with van der Waals surface area (Å²) in [5.74, 6) is -0.853. The van der Waals surface area contributed by atoms with Crippen LogP contribution in [0.15, 0.2) is 30.6 Å². The Morgan fingerprint density at radius 1 is 1.39 bits per heavy atom. The van der Waals surface area contributed by atoms with E-state index in [-0.39, 0.29) is 12.4 Å². The van der Waals surface area contributed by atoms with E-state index in [1.54, 1.807) is 6.07 Å². The van der Waals surface area contributed by atoms with Crippen LogP contribution >= 0.6 is 0 Å². The van der Waals surface area contributed by atoms with Gasteiger partial charge in [-0.3, -0.25) is 4.79 Å². The summed E-state index contributed by atoms with van der Waals surface area (Å²) in [5, 5.41) is 6.09. The average Bonchev–Trinajstić information content (AvgIpc) is 2.97. The third-order valence-electron chi connectivity index (χ3n) is 2.96. The molecule has 2 aromatic rings. The summed E-state index contributed by atoms with van der Waals surface area (Å²) in [6.07, 6.45) is -2.00. The van der Waals surface area contributed by atoms with E-state index in [1.807, 2.05) is 0 Å². The molecule has 0 unspecified atom stereocenters. The van der Waals surface area contributed by atoms with Crippen molar-refractivity contribution in [3.05, 3.63) is 41.9 Å². The molecule has 1 amide bonds. The number of halogens is 3. The number of ether oxygens (including phenoxy) is 1. The standard InChI is InChI=1S/C14H15F3N4O2/c1-23-8-4-7-19-13(22)10-9-20-21(12(10)14(15,16)17)11-5-2-3-6-18-11/h2-3,5-6,9H,4,7-8H2,1H3,(H,19,22). The Morgan fingerprint density at radius 2 is 2.17 bits per heavy atom. The summed E-state index contributed by atoms with van der Waals surface area (Å²) < 4.78 is 45.5. The topological polar surface area (TPSA) is 69.0 Å². The number of hydrogen-bond acceptors (Lipinski definition) is 4. The van der Waals surface area contributed by atoms with Gasteiger partial charge in [0.25, 0.3) is 5.91 Å². The van der Waals surface area contributed by atoms with Crippen molar-refractivity contribution in [3.63, 3.8) is 0 Å². The van der Waals surface area contributed by atoms with E-state index in [0.717, 1.165) is 6.20 Å². The second-order valence-corrected chi connectivity index (χ2v) is 4.61. The van der Waals surface area contributed by atoms with Crippen molar-refractivity contribution >= 4 is 5.91 Å². The van der Waals surface area contributed by atoms with Gasteiger partial charge in [0.05, 0.1) is 11.8 Å². The zero-order valence-electron chi connectivity index (χ0n) is 12.3. The van der Waals surface area contributed by atoms with Gasteiger partial charge in [-0.25, -0.2) is 9.67 Å². The van der Waals surface area contributed by atoms with Crippen molar-refractivity contribution in [1.82, 2.24) is 20.1 Å². The number of pyridine rings is 1. The maximum Gasteiger partial charge on any atom is 0.434 e. The first-order valence-corrected chi connectivity index (χ1v) is 6.79. The van der Waals surface area contributed by atoms with Gasteiger partial charge in [-0.05, 0) is 18.6 Å². The Labute approximate surface area is 130 Å². The number of methoxy groups -OCH3 is 1. The molecule has 124 valence electrons. The Hall–Kier alpha value is -2.42.